The summed E-state index contributed by atoms with van der Waals surface area (Å²) < 4.78 is 0. The molecule has 1 heterocycles. The first-order valence-electron chi connectivity index (χ1n) is 7.67. The maximum Gasteiger partial charge on any atom is 0.0894 e. The molecule has 3 rings (SSSR count). The van der Waals surface area contributed by atoms with Crippen LogP contribution >= 0.6 is 11.8 Å². The van der Waals surface area contributed by atoms with Crippen LogP contribution in [0.4, 0.5) is 0 Å². The van der Waals surface area contributed by atoms with Gasteiger partial charge >= 0.3 is 0 Å². The Morgan fingerprint density at radius 2 is 1.68 bits per heavy atom. The van der Waals surface area contributed by atoms with Crippen LogP contribution in [0, 0.1) is 5.92 Å². The van der Waals surface area contributed by atoms with Crippen molar-refractivity contribution in [3.8, 4) is 11.3 Å². The lowest BCUT2D eigenvalue weighted by atomic mass is 10.1. The molecule has 0 fully saturated rings. The highest BCUT2D eigenvalue weighted by Crippen LogP contribution is 2.25. The lowest BCUT2D eigenvalue weighted by Crippen LogP contribution is -1.90. The van der Waals surface area contributed by atoms with Crippen molar-refractivity contribution < 1.29 is 0 Å². The number of aromatic nitrogens is 2. The molecule has 2 aromatic carbocycles. The second-order valence-corrected chi connectivity index (χ2v) is 6.97. The summed E-state index contributed by atoms with van der Waals surface area (Å²) in [5.74, 6) is 1.94. The normalized spacial score (nSPS) is 11.2. The standard InChI is InChI=1S/C19H20N2S/c1-14(2)11-12-22-16-9-7-15(8-10-16)19-13-20-17-5-3-4-6-18(17)21-19/h3-10,13-14H,11-12H2,1-2H3. The average molecular weight is 308 g/mol. The van der Waals surface area contributed by atoms with Crippen LogP contribution in [-0.4, -0.2) is 15.7 Å². The molecule has 0 unspecified atom stereocenters. The highest BCUT2D eigenvalue weighted by molar-refractivity contribution is 7.99. The van der Waals surface area contributed by atoms with Gasteiger partial charge < -0.3 is 0 Å². The number of para-hydroxylation sites is 2. The van der Waals surface area contributed by atoms with Crippen LogP contribution in [0.3, 0.4) is 0 Å². The van der Waals surface area contributed by atoms with Gasteiger partial charge in [0.2, 0.25) is 0 Å². The second-order valence-electron chi connectivity index (χ2n) is 5.80. The van der Waals surface area contributed by atoms with E-state index in [2.05, 4.69) is 43.1 Å². The van der Waals surface area contributed by atoms with Crippen LogP contribution in [-0.2, 0) is 0 Å². The van der Waals surface area contributed by atoms with Gasteiger partial charge in [-0.15, -0.1) is 11.8 Å². The minimum Gasteiger partial charge on any atom is -0.252 e. The Labute approximate surface area is 136 Å². The predicted octanol–water partition coefficient (Wildman–Crippen LogP) is 5.44. The van der Waals surface area contributed by atoms with Crippen molar-refractivity contribution >= 4 is 22.8 Å². The summed E-state index contributed by atoms with van der Waals surface area (Å²) in [7, 11) is 0. The number of nitrogens with zero attached hydrogens (tertiary/aromatic N) is 2. The van der Waals surface area contributed by atoms with Gasteiger partial charge in [0, 0.05) is 10.5 Å². The van der Waals surface area contributed by atoms with E-state index in [0.717, 1.165) is 28.2 Å². The van der Waals surface area contributed by atoms with Gasteiger partial charge in [-0.05, 0) is 42.4 Å². The fraction of sp³-hybridized carbons (Fsp3) is 0.263. The Balaban J connectivity index is 1.76. The lowest BCUT2D eigenvalue weighted by molar-refractivity contribution is 0.632. The van der Waals surface area contributed by atoms with E-state index < -0.39 is 0 Å². The lowest BCUT2D eigenvalue weighted by Gasteiger charge is -2.06. The Bertz CT molecular complexity index is 751. The SMILES string of the molecule is CC(C)CCSc1ccc(-c2cnc3ccccc3n2)cc1. The van der Waals surface area contributed by atoms with Gasteiger partial charge in [0.15, 0.2) is 0 Å². The van der Waals surface area contributed by atoms with Gasteiger partial charge in [-0.2, -0.15) is 0 Å². The van der Waals surface area contributed by atoms with E-state index in [9.17, 15) is 0 Å². The first-order chi connectivity index (χ1) is 10.7. The molecular formula is C19H20N2S. The number of benzene rings is 2. The van der Waals surface area contributed by atoms with Crippen LogP contribution in [0.1, 0.15) is 20.3 Å². The molecule has 0 aliphatic carbocycles. The van der Waals surface area contributed by atoms with Crippen LogP contribution in [0.5, 0.6) is 0 Å². The molecule has 3 heteroatoms. The number of rotatable bonds is 5. The van der Waals surface area contributed by atoms with Crippen molar-refractivity contribution in [3.05, 3.63) is 54.7 Å². The van der Waals surface area contributed by atoms with Crippen LogP contribution in [0.15, 0.2) is 59.6 Å². The van der Waals surface area contributed by atoms with E-state index in [0.29, 0.717) is 0 Å². The van der Waals surface area contributed by atoms with Crippen LogP contribution in [0.2, 0.25) is 0 Å². The van der Waals surface area contributed by atoms with Gasteiger partial charge in [0.05, 0.1) is 22.9 Å². The van der Waals surface area contributed by atoms with Gasteiger partial charge in [0.25, 0.3) is 0 Å². The number of hydrogen-bond donors (Lipinski definition) is 0. The Morgan fingerprint density at radius 3 is 2.41 bits per heavy atom. The first kappa shape index (κ1) is 15.0. The molecule has 0 bridgehead atoms. The molecule has 0 N–H and O–H groups in total. The molecule has 0 amide bonds. The zero-order valence-corrected chi connectivity index (χ0v) is 13.8. The number of hydrogen-bond acceptors (Lipinski definition) is 3. The number of thioether (sulfide) groups is 1. The Hall–Kier alpha value is -1.87. The third kappa shape index (κ3) is 3.66. The van der Waals surface area contributed by atoms with Crippen molar-refractivity contribution in [3.63, 3.8) is 0 Å². The summed E-state index contributed by atoms with van der Waals surface area (Å²) in [6, 6.07) is 16.6. The van der Waals surface area contributed by atoms with E-state index in [-0.39, 0.29) is 0 Å². The highest BCUT2D eigenvalue weighted by Gasteiger charge is 2.03. The van der Waals surface area contributed by atoms with Crippen molar-refractivity contribution in [1.29, 1.82) is 0 Å². The van der Waals surface area contributed by atoms with E-state index in [1.54, 1.807) is 0 Å². The fourth-order valence-corrected chi connectivity index (χ4v) is 3.38. The van der Waals surface area contributed by atoms with Crippen LogP contribution in [0.25, 0.3) is 22.3 Å². The maximum absolute atomic E-state index is 4.69. The summed E-state index contributed by atoms with van der Waals surface area (Å²) in [5.41, 5.74) is 3.92. The van der Waals surface area contributed by atoms with Gasteiger partial charge in [-0.3, -0.25) is 4.98 Å². The molecule has 0 saturated heterocycles. The summed E-state index contributed by atoms with van der Waals surface area (Å²) in [6.07, 6.45) is 3.10. The summed E-state index contributed by atoms with van der Waals surface area (Å²) in [5, 5.41) is 0. The first-order valence-corrected chi connectivity index (χ1v) is 8.66. The van der Waals surface area contributed by atoms with Crippen molar-refractivity contribution in [1.82, 2.24) is 9.97 Å². The summed E-state index contributed by atoms with van der Waals surface area (Å²) >= 11 is 1.92. The molecule has 0 aliphatic rings. The second kappa shape index (κ2) is 6.93. The molecule has 1 aromatic heterocycles. The van der Waals surface area contributed by atoms with Gasteiger partial charge in [0.1, 0.15) is 0 Å². The molecule has 22 heavy (non-hydrogen) atoms. The third-order valence-electron chi connectivity index (χ3n) is 3.56. The molecule has 0 aliphatic heterocycles. The van der Waals surface area contributed by atoms with Crippen molar-refractivity contribution in [2.75, 3.05) is 5.75 Å². The summed E-state index contributed by atoms with van der Waals surface area (Å²) in [6.45, 7) is 4.53. The quantitative estimate of drug-likeness (QED) is 0.587. The predicted molar refractivity (Wildman–Crippen MR) is 95.2 cm³/mol. The molecule has 3 aromatic rings. The van der Waals surface area contributed by atoms with Crippen molar-refractivity contribution in [2.24, 2.45) is 5.92 Å². The van der Waals surface area contributed by atoms with E-state index >= 15 is 0 Å². The zero-order valence-electron chi connectivity index (χ0n) is 13.0. The smallest absolute Gasteiger partial charge is 0.0894 e. The molecule has 0 atom stereocenters. The highest BCUT2D eigenvalue weighted by atomic mass is 32.2. The van der Waals surface area contributed by atoms with Crippen LogP contribution < -0.4 is 0 Å². The fourth-order valence-electron chi connectivity index (χ4n) is 2.23. The molecule has 2 nitrogen and oxygen atoms in total. The molecule has 0 spiro atoms. The molecule has 0 saturated carbocycles. The largest absolute Gasteiger partial charge is 0.252 e. The monoisotopic (exact) mass is 308 g/mol. The zero-order chi connectivity index (χ0) is 15.4. The Morgan fingerprint density at radius 1 is 0.955 bits per heavy atom. The minimum absolute atomic E-state index is 0.764. The Kier molecular flexibility index (Phi) is 4.74. The topological polar surface area (TPSA) is 25.8 Å². The number of fused-ring (bicyclic) bond motifs is 1. The third-order valence-corrected chi connectivity index (χ3v) is 4.61. The molecule has 112 valence electrons. The summed E-state index contributed by atoms with van der Waals surface area (Å²) in [4.78, 5) is 10.5. The maximum atomic E-state index is 4.69. The van der Waals surface area contributed by atoms with E-state index in [1.807, 2.05) is 42.2 Å². The van der Waals surface area contributed by atoms with E-state index in [4.69, 9.17) is 4.98 Å². The van der Waals surface area contributed by atoms with Crippen molar-refractivity contribution in [2.45, 2.75) is 25.2 Å². The molecular weight excluding hydrogens is 288 g/mol. The van der Waals surface area contributed by atoms with Gasteiger partial charge in [-0.1, -0.05) is 38.1 Å². The van der Waals surface area contributed by atoms with Gasteiger partial charge in [-0.25, -0.2) is 4.98 Å². The molecule has 0 radical (unpaired) electrons. The minimum atomic E-state index is 0.764. The van der Waals surface area contributed by atoms with E-state index in [1.165, 1.54) is 17.1 Å². The average Bonchev–Trinajstić information content (AvgIpc) is 2.55.